The lowest BCUT2D eigenvalue weighted by atomic mass is 9.99. The van der Waals surface area contributed by atoms with Crippen molar-refractivity contribution in [3.05, 3.63) is 29.3 Å². The van der Waals surface area contributed by atoms with E-state index in [1.54, 1.807) is 13.8 Å². The zero-order valence-electron chi connectivity index (χ0n) is 7.86. The van der Waals surface area contributed by atoms with E-state index >= 15 is 0 Å². The first kappa shape index (κ1) is 10.6. The molecule has 0 fully saturated rings. The van der Waals surface area contributed by atoms with Crippen molar-refractivity contribution in [2.75, 3.05) is 0 Å². The maximum absolute atomic E-state index is 9.51. The minimum Gasteiger partial charge on any atom is -0.389 e. The van der Waals surface area contributed by atoms with E-state index in [4.69, 9.17) is 0 Å². The molecule has 3 heteroatoms. The van der Waals surface area contributed by atoms with Crippen molar-refractivity contribution in [2.45, 2.75) is 26.1 Å². The second-order valence-electron chi connectivity index (χ2n) is 3.20. The van der Waals surface area contributed by atoms with Gasteiger partial charge in [0.25, 0.3) is 0 Å². The van der Waals surface area contributed by atoms with E-state index in [1.807, 2.05) is 18.2 Å². The van der Waals surface area contributed by atoms with Gasteiger partial charge in [0.15, 0.2) is 0 Å². The van der Waals surface area contributed by atoms with E-state index in [2.05, 4.69) is 9.24 Å². The predicted octanol–water partition coefficient (Wildman–Crippen LogP) is 1.29. The van der Waals surface area contributed by atoms with Gasteiger partial charge >= 0.3 is 0 Å². The van der Waals surface area contributed by atoms with Crippen LogP contribution in [0.3, 0.4) is 0 Å². The van der Waals surface area contributed by atoms with Crippen molar-refractivity contribution in [3.8, 4) is 0 Å². The van der Waals surface area contributed by atoms with Gasteiger partial charge in [-0.1, -0.05) is 18.2 Å². The van der Waals surface area contributed by atoms with Crippen LogP contribution in [0.25, 0.3) is 0 Å². The van der Waals surface area contributed by atoms with E-state index in [0.29, 0.717) is 0 Å². The molecule has 0 aliphatic carbocycles. The summed E-state index contributed by atoms with van der Waals surface area (Å²) in [5.41, 5.74) is 1.60. The summed E-state index contributed by atoms with van der Waals surface area (Å²) in [4.78, 5) is 0. The smallest absolute Gasteiger partial charge is 0.0771 e. The monoisotopic (exact) mass is 198 g/mol. The van der Waals surface area contributed by atoms with Crippen molar-refractivity contribution in [3.63, 3.8) is 0 Å². The van der Waals surface area contributed by atoms with Gasteiger partial charge in [0.05, 0.1) is 12.2 Å². The molecular weight excluding hydrogens is 183 g/mol. The van der Waals surface area contributed by atoms with Gasteiger partial charge in [-0.15, -0.1) is 9.24 Å². The number of hydrogen-bond donors (Lipinski definition) is 2. The van der Waals surface area contributed by atoms with Gasteiger partial charge in [-0.25, -0.2) is 0 Å². The van der Waals surface area contributed by atoms with Gasteiger partial charge in [-0.05, 0) is 30.3 Å². The molecule has 0 saturated carbocycles. The molecule has 0 heterocycles. The molecule has 2 N–H and O–H groups in total. The summed E-state index contributed by atoms with van der Waals surface area (Å²) >= 11 is 0. The third kappa shape index (κ3) is 2.28. The van der Waals surface area contributed by atoms with Crippen LogP contribution in [0.5, 0.6) is 0 Å². The second-order valence-corrected chi connectivity index (χ2v) is 3.82. The summed E-state index contributed by atoms with van der Waals surface area (Å²) in [7, 11) is 2.56. The first-order chi connectivity index (χ1) is 6.04. The average molecular weight is 198 g/mol. The van der Waals surface area contributed by atoms with Crippen LogP contribution < -0.4 is 5.30 Å². The van der Waals surface area contributed by atoms with Crippen LogP contribution in [0.15, 0.2) is 18.2 Å². The lowest BCUT2D eigenvalue weighted by Gasteiger charge is -2.16. The summed E-state index contributed by atoms with van der Waals surface area (Å²) in [6.07, 6.45) is -1.08. The van der Waals surface area contributed by atoms with Crippen molar-refractivity contribution in [1.82, 2.24) is 0 Å². The highest BCUT2D eigenvalue weighted by Crippen LogP contribution is 2.22. The van der Waals surface area contributed by atoms with Crippen molar-refractivity contribution < 1.29 is 10.2 Å². The minimum absolute atomic E-state index is 0.537. The zero-order valence-corrected chi connectivity index (χ0v) is 9.01. The molecule has 2 nitrogen and oxygen atoms in total. The van der Waals surface area contributed by atoms with Crippen LogP contribution in [0.1, 0.15) is 37.2 Å². The molecule has 1 aromatic carbocycles. The molecule has 72 valence electrons. The standard InChI is InChI=1S/C10H15O2P/c1-6(11)8-4-3-5-9(13)10(8)7(2)12/h3-7,11-12H,13H2,1-2H3. The third-order valence-corrected chi connectivity index (χ3v) is 2.54. The Morgan fingerprint density at radius 2 is 1.77 bits per heavy atom. The van der Waals surface area contributed by atoms with Gasteiger partial charge in [-0.3, -0.25) is 0 Å². The summed E-state index contributed by atoms with van der Waals surface area (Å²) in [5, 5.41) is 19.9. The Labute approximate surface area is 80.8 Å². The molecular formula is C10H15O2P. The van der Waals surface area contributed by atoms with Gasteiger partial charge < -0.3 is 10.2 Å². The molecule has 0 aromatic heterocycles. The van der Waals surface area contributed by atoms with E-state index in [-0.39, 0.29) is 0 Å². The predicted molar refractivity (Wildman–Crippen MR) is 57.1 cm³/mol. The highest BCUT2D eigenvalue weighted by molar-refractivity contribution is 7.27. The third-order valence-electron chi connectivity index (χ3n) is 2.04. The number of aliphatic hydroxyl groups is 2. The average Bonchev–Trinajstić information content (AvgIpc) is 2.02. The van der Waals surface area contributed by atoms with Crippen molar-refractivity contribution >= 4 is 14.5 Å². The Hall–Kier alpha value is -0.430. The molecule has 0 amide bonds. The Balaban J connectivity index is 3.26. The summed E-state index contributed by atoms with van der Waals surface area (Å²) in [6, 6.07) is 5.61. The molecule has 1 rings (SSSR count). The molecule has 13 heavy (non-hydrogen) atoms. The highest BCUT2D eigenvalue weighted by atomic mass is 31.0. The Kier molecular flexibility index (Phi) is 3.43. The molecule has 0 aliphatic rings. The molecule has 3 unspecified atom stereocenters. The first-order valence-electron chi connectivity index (χ1n) is 4.28. The van der Waals surface area contributed by atoms with Gasteiger partial charge in [0.1, 0.15) is 0 Å². The Morgan fingerprint density at radius 3 is 2.15 bits per heavy atom. The summed E-state index contributed by atoms with van der Waals surface area (Å²) < 4.78 is 0. The normalized spacial score (nSPS) is 15.5. The Bertz CT molecular complexity index is 295. The van der Waals surface area contributed by atoms with Crippen LogP contribution in [0.4, 0.5) is 0 Å². The second kappa shape index (κ2) is 4.19. The lowest BCUT2D eigenvalue weighted by Crippen LogP contribution is -2.11. The largest absolute Gasteiger partial charge is 0.389 e. The maximum atomic E-state index is 9.51. The highest BCUT2D eigenvalue weighted by Gasteiger charge is 2.13. The molecule has 0 radical (unpaired) electrons. The molecule has 0 aliphatic heterocycles. The van der Waals surface area contributed by atoms with Crippen molar-refractivity contribution in [2.24, 2.45) is 0 Å². The number of rotatable bonds is 2. The number of hydrogen-bond acceptors (Lipinski definition) is 2. The van der Waals surface area contributed by atoms with E-state index in [0.717, 1.165) is 16.4 Å². The fraction of sp³-hybridized carbons (Fsp3) is 0.400. The lowest BCUT2D eigenvalue weighted by molar-refractivity contribution is 0.176. The quantitative estimate of drug-likeness (QED) is 0.703. The van der Waals surface area contributed by atoms with Crippen LogP contribution >= 0.6 is 9.24 Å². The van der Waals surface area contributed by atoms with E-state index in [9.17, 15) is 10.2 Å². The molecule has 0 bridgehead atoms. The van der Waals surface area contributed by atoms with Gasteiger partial charge in [0, 0.05) is 0 Å². The molecule has 3 atom stereocenters. The fourth-order valence-corrected chi connectivity index (χ4v) is 1.97. The van der Waals surface area contributed by atoms with Crippen LogP contribution in [0, 0.1) is 0 Å². The van der Waals surface area contributed by atoms with Crippen molar-refractivity contribution in [1.29, 1.82) is 0 Å². The Morgan fingerprint density at radius 1 is 1.15 bits per heavy atom. The van der Waals surface area contributed by atoms with Gasteiger partial charge in [0.2, 0.25) is 0 Å². The minimum atomic E-state index is -0.543. The van der Waals surface area contributed by atoms with Crippen LogP contribution in [-0.2, 0) is 0 Å². The zero-order chi connectivity index (χ0) is 10.0. The fourth-order valence-electron chi connectivity index (χ4n) is 1.45. The summed E-state index contributed by atoms with van der Waals surface area (Å²) in [6.45, 7) is 3.40. The topological polar surface area (TPSA) is 40.5 Å². The van der Waals surface area contributed by atoms with Crippen LogP contribution in [0.2, 0.25) is 0 Å². The van der Waals surface area contributed by atoms with E-state index in [1.165, 1.54) is 0 Å². The SMILES string of the molecule is CC(O)c1cccc(P)c1C(C)O. The number of benzene rings is 1. The first-order valence-corrected chi connectivity index (χ1v) is 4.86. The molecule has 1 aromatic rings. The van der Waals surface area contributed by atoms with E-state index < -0.39 is 12.2 Å². The van der Waals surface area contributed by atoms with Crippen LogP contribution in [-0.4, -0.2) is 10.2 Å². The molecule has 0 saturated heterocycles. The molecule has 0 spiro atoms. The van der Waals surface area contributed by atoms with Gasteiger partial charge in [-0.2, -0.15) is 0 Å². The number of aliphatic hydroxyl groups excluding tert-OH is 2. The maximum Gasteiger partial charge on any atom is 0.0771 e. The summed E-state index contributed by atoms with van der Waals surface area (Å²) in [5.74, 6) is 0.